The SMILES string of the molecule is CC[C@H](C)Nc1nc(OC(C(F)(F)F)C(F)(F)F)nc(N2CCN(c3nc(OC(C(F)(F)F)C(F)(F)F)nc(OC(C(F)(F)F)C(F)(F)F)n3)CC2)n1. The maximum atomic E-state index is 13.2. The molecule has 0 unspecified atom stereocenters. The van der Waals surface area contributed by atoms with Crippen LogP contribution in [0.15, 0.2) is 0 Å². The van der Waals surface area contributed by atoms with Gasteiger partial charge in [-0.05, 0) is 13.3 Å². The van der Waals surface area contributed by atoms with Crippen LogP contribution in [0.4, 0.5) is 96.9 Å². The minimum atomic E-state index is -6.27. The second-order valence-electron chi connectivity index (χ2n) is 10.6. The van der Waals surface area contributed by atoms with E-state index in [0.29, 0.717) is 6.42 Å². The molecule has 0 saturated carbocycles. The standard InChI is InChI=1S/C23H21F18N9O3/c1-3-8(2)42-12-43-13(45-15(44-12)51-9(18(24,25)26)19(27,28)29)49-4-6-50(7-5-49)14-46-16(52-10(20(30,31)32)21(33,34)35)48-17(47-14)53-11(22(36,37)38)23(39,40)41/h8-11H,3-7H2,1-2H3,(H,42,43,44,45)/t8-/m0/s1. The molecular weight excluding hydrogens is 792 g/mol. The van der Waals surface area contributed by atoms with E-state index >= 15 is 0 Å². The highest BCUT2D eigenvalue weighted by atomic mass is 19.4. The Labute approximate surface area is 282 Å². The largest absolute Gasteiger partial charge is 0.440 e. The third-order valence-electron chi connectivity index (χ3n) is 6.47. The Balaban J connectivity index is 2.00. The minimum absolute atomic E-state index is 0.326. The first-order valence-corrected chi connectivity index (χ1v) is 14.1. The van der Waals surface area contributed by atoms with Gasteiger partial charge in [0, 0.05) is 32.2 Å². The first kappa shape index (κ1) is 43.0. The molecule has 2 aromatic heterocycles. The lowest BCUT2D eigenvalue weighted by Crippen LogP contribution is -2.49. The summed E-state index contributed by atoms with van der Waals surface area (Å²) in [6.07, 6.45) is -50.7. The van der Waals surface area contributed by atoms with Crippen LogP contribution in [0.2, 0.25) is 0 Å². The summed E-state index contributed by atoms with van der Waals surface area (Å²) in [5.74, 6) is -2.42. The van der Waals surface area contributed by atoms with Gasteiger partial charge >= 0.3 is 55.1 Å². The molecule has 1 aliphatic rings. The van der Waals surface area contributed by atoms with Crippen molar-refractivity contribution in [2.24, 2.45) is 0 Å². The van der Waals surface area contributed by atoms with Crippen molar-refractivity contribution in [1.29, 1.82) is 0 Å². The van der Waals surface area contributed by atoms with E-state index in [4.69, 9.17) is 0 Å². The van der Waals surface area contributed by atoms with E-state index in [-0.39, 0.29) is 0 Å². The third-order valence-corrected chi connectivity index (χ3v) is 6.47. The monoisotopic (exact) mass is 813 g/mol. The van der Waals surface area contributed by atoms with Crippen molar-refractivity contribution < 1.29 is 93.2 Å². The highest BCUT2D eigenvalue weighted by molar-refractivity contribution is 5.42. The van der Waals surface area contributed by atoms with Gasteiger partial charge in [0.1, 0.15) is 0 Å². The summed E-state index contributed by atoms with van der Waals surface area (Å²) in [4.78, 5) is 21.4. The minimum Gasteiger partial charge on any atom is -0.440 e. The van der Waals surface area contributed by atoms with Crippen LogP contribution in [0.3, 0.4) is 0 Å². The van der Waals surface area contributed by atoms with Gasteiger partial charge in [-0.3, -0.25) is 0 Å². The Morgan fingerprint density at radius 2 is 0.774 bits per heavy atom. The molecule has 1 aliphatic heterocycles. The number of ether oxygens (including phenoxy) is 3. The van der Waals surface area contributed by atoms with E-state index in [0.717, 1.165) is 9.80 Å². The summed E-state index contributed by atoms with van der Waals surface area (Å²) < 4.78 is 248. The Kier molecular flexibility index (Phi) is 12.3. The summed E-state index contributed by atoms with van der Waals surface area (Å²) in [5, 5.41) is 2.57. The van der Waals surface area contributed by atoms with E-state index in [1.165, 1.54) is 6.92 Å². The molecule has 53 heavy (non-hydrogen) atoms. The number of hydrogen-bond acceptors (Lipinski definition) is 12. The number of aromatic nitrogens is 6. The van der Waals surface area contributed by atoms with Gasteiger partial charge in [-0.15, -0.1) is 4.98 Å². The van der Waals surface area contributed by atoms with Crippen molar-refractivity contribution in [2.75, 3.05) is 41.3 Å². The topological polar surface area (TPSA) is 124 Å². The number of halogens is 18. The molecule has 12 nitrogen and oxygen atoms in total. The van der Waals surface area contributed by atoms with E-state index in [1.807, 2.05) is 0 Å². The maximum absolute atomic E-state index is 13.2. The number of nitrogens with zero attached hydrogens (tertiary/aromatic N) is 8. The van der Waals surface area contributed by atoms with Crippen molar-refractivity contribution in [2.45, 2.75) is 81.7 Å². The molecule has 0 amide bonds. The van der Waals surface area contributed by atoms with Crippen LogP contribution in [-0.2, 0) is 0 Å². The van der Waals surface area contributed by atoms with Crippen LogP contribution in [0.25, 0.3) is 0 Å². The number of nitrogens with one attached hydrogen (secondary N) is 1. The lowest BCUT2D eigenvalue weighted by molar-refractivity contribution is -0.303. The predicted molar refractivity (Wildman–Crippen MR) is 137 cm³/mol. The Bertz CT molecular complexity index is 1430. The van der Waals surface area contributed by atoms with Gasteiger partial charge in [0.2, 0.25) is 17.8 Å². The molecular formula is C23H21F18N9O3. The first-order chi connectivity index (χ1) is 23.9. The van der Waals surface area contributed by atoms with Gasteiger partial charge in [-0.2, -0.15) is 104 Å². The average Bonchev–Trinajstić information content (AvgIpc) is 2.98. The average molecular weight is 813 g/mol. The summed E-state index contributed by atoms with van der Waals surface area (Å²) in [6.45, 7) is 0.861. The Morgan fingerprint density at radius 1 is 0.491 bits per heavy atom. The van der Waals surface area contributed by atoms with Crippen molar-refractivity contribution in [3.05, 3.63) is 0 Å². The fraction of sp³-hybridized carbons (Fsp3) is 0.739. The van der Waals surface area contributed by atoms with E-state index in [9.17, 15) is 79.0 Å². The van der Waals surface area contributed by atoms with Crippen LogP contribution >= 0.6 is 0 Å². The zero-order valence-corrected chi connectivity index (χ0v) is 26.0. The lowest BCUT2D eigenvalue weighted by Gasteiger charge is -2.35. The highest BCUT2D eigenvalue weighted by Crippen LogP contribution is 2.39. The van der Waals surface area contributed by atoms with E-state index < -0.39 is 123 Å². The van der Waals surface area contributed by atoms with Crippen molar-refractivity contribution in [3.8, 4) is 18.0 Å². The summed E-state index contributed by atoms with van der Waals surface area (Å²) in [5.41, 5.74) is 0. The molecule has 0 radical (unpaired) electrons. The van der Waals surface area contributed by atoms with Gasteiger partial charge in [0.25, 0.3) is 18.3 Å². The molecule has 0 aromatic carbocycles. The van der Waals surface area contributed by atoms with Gasteiger partial charge in [-0.25, -0.2) is 0 Å². The molecule has 0 aliphatic carbocycles. The Morgan fingerprint density at radius 3 is 1.06 bits per heavy atom. The van der Waals surface area contributed by atoms with Crippen LogP contribution in [0.5, 0.6) is 18.0 Å². The van der Waals surface area contributed by atoms with Gasteiger partial charge in [-0.1, -0.05) is 6.92 Å². The van der Waals surface area contributed by atoms with E-state index in [2.05, 4.69) is 49.4 Å². The smallest absolute Gasteiger partial charge is 0.434 e. The quantitative estimate of drug-likeness (QED) is 0.260. The number of anilines is 3. The van der Waals surface area contributed by atoms with Crippen molar-refractivity contribution >= 4 is 17.8 Å². The summed E-state index contributed by atoms with van der Waals surface area (Å²) in [6, 6.07) is -6.17. The molecule has 3 rings (SSSR count). The zero-order valence-electron chi connectivity index (χ0n) is 26.0. The van der Waals surface area contributed by atoms with Gasteiger partial charge < -0.3 is 29.3 Å². The third kappa shape index (κ3) is 11.8. The molecule has 1 saturated heterocycles. The number of alkyl halides is 18. The normalized spacial score (nSPS) is 16.1. The molecule has 3 heterocycles. The molecule has 30 heteroatoms. The summed E-state index contributed by atoms with van der Waals surface area (Å²) >= 11 is 0. The molecule has 0 bridgehead atoms. The van der Waals surface area contributed by atoms with Gasteiger partial charge in [0.05, 0.1) is 0 Å². The predicted octanol–water partition coefficient (Wildman–Crippen LogP) is 6.21. The molecule has 2 aromatic rings. The maximum Gasteiger partial charge on any atom is 0.434 e. The Hall–Kier alpha value is -4.44. The fourth-order valence-electron chi connectivity index (χ4n) is 3.88. The van der Waals surface area contributed by atoms with E-state index in [1.54, 1.807) is 6.92 Å². The van der Waals surface area contributed by atoms with Crippen LogP contribution in [0.1, 0.15) is 20.3 Å². The van der Waals surface area contributed by atoms with Gasteiger partial charge in [0.15, 0.2) is 0 Å². The number of rotatable bonds is 11. The fourth-order valence-corrected chi connectivity index (χ4v) is 3.88. The zero-order chi connectivity index (χ0) is 40.5. The van der Waals surface area contributed by atoms with Crippen LogP contribution in [0, 0.1) is 0 Å². The highest BCUT2D eigenvalue weighted by Gasteiger charge is 2.62. The lowest BCUT2D eigenvalue weighted by atomic mass is 10.3. The first-order valence-electron chi connectivity index (χ1n) is 14.1. The molecule has 0 spiro atoms. The van der Waals surface area contributed by atoms with Crippen LogP contribution < -0.4 is 29.3 Å². The second kappa shape index (κ2) is 15.1. The van der Waals surface area contributed by atoms with Crippen molar-refractivity contribution in [3.63, 3.8) is 0 Å². The molecule has 1 N–H and O–H groups in total. The number of hydrogen-bond donors (Lipinski definition) is 1. The number of piperazine rings is 1. The van der Waals surface area contributed by atoms with Crippen LogP contribution in [-0.4, -0.2) is 117 Å². The summed E-state index contributed by atoms with van der Waals surface area (Å²) in [7, 11) is 0. The molecule has 302 valence electrons. The van der Waals surface area contributed by atoms with Crippen molar-refractivity contribution in [1.82, 2.24) is 29.9 Å². The second-order valence-corrected chi connectivity index (χ2v) is 10.6. The molecule has 1 fully saturated rings. The molecule has 1 atom stereocenters.